The number of hydrogen-bond donors (Lipinski definition) is 3. The van der Waals surface area contributed by atoms with Gasteiger partial charge in [0.15, 0.2) is 0 Å². The standard InChI is InChI=1S/C26H25N5O/c32-26-24-12-19(23-15-29-25-22(23)5-2-10-27-25)16-31(24)21(14-30-26)11-17-6-8-18(9-7-17)13-28-20-3-1-4-20/h2,5-10,12,14-16,20,28H,1,3-4,11,13H2,(H,27,29)(H,30,32). The van der Waals surface area contributed by atoms with Crippen LogP contribution in [0, 0.1) is 0 Å². The second-order valence-corrected chi connectivity index (χ2v) is 8.70. The lowest BCUT2D eigenvalue weighted by Gasteiger charge is -2.26. The van der Waals surface area contributed by atoms with Crippen molar-refractivity contribution in [3.63, 3.8) is 0 Å². The Labute approximate surface area is 185 Å². The molecular weight excluding hydrogens is 398 g/mol. The van der Waals surface area contributed by atoms with E-state index in [-0.39, 0.29) is 5.56 Å². The molecule has 0 amide bonds. The van der Waals surface area contributed by atoms with E-state index in [0.717, 1.165) is 40.8 Å². The molecular formula is C26H25N5O. The van der Waals surface area contributed by atoms with Crippen molar-refractivity contribution in [1.29, 1.82) is 0 Å². The van der Waals surface area contributed by atoms with Crippen molar-refractivity contribution in [2.24, 2.45) is 0 Å². The molecule has 0 saturated heterocycles. The summed E-state index contributed by atoms with van der Waals surface area (Å²) in [6, 6.07) is 15.4. The molecule has 1 aliphatic carbocycles. The first-order valence-corrected chi connectivity index (χ1v) is 11.2. The van der Waals surface area contributed by atoms with E-state index in [1.807, 2.05) is 41.2 Å². The van der Waals surface area contributed by atoms with Gasteiger partial charge < -0.3 is 19.7 Å². The van der Waals surface area contributed by atoms with Crippen molar-refractivity contribution >= 4 is 16.6 Å². The van der Waals surface area contributed by atoms with Gasteiger partial charge in [-0.2, -0.15) is 0 Å². The zero-order chi connectivity index (χ0) is 21.5. The highest BCUT2D eigenvalue weighted by molar-refractivity contribution is 5.94. The SMILES string of the molecule is O=c1[nH]cc(Cc2ccc(CNC3CCC3)cc2)n2cc(-c3c[nH]c4ncccc34)cc12. The van der Waals surface area contributed by atoms with Crippen molar-refractivity contribution in [1.82, 2.24) is 24.7 Å². The molecule has 6 rings (SSSR count). The van der Waals surface area contributed by atoms with Crippen molar-refractivity contribution in [2.75, 3.05) is 0 Å². The highest BCUT2D eigenvalue weighted by atomic mass is 16.1. The number of aromatic nitrogens is 4. The third-order valence-corrected chi connectivity index (χ3v) is 6.60. The lowest BCUT2D eigenvalue weighted by atomic mass is 9.93. The summed E-state index contributed by atoms with van der Waals surface area (Å²) in [7, 11) is 0. The Bertz CT molecular complexity index is 1450. The summed E-state index contributed by atoms with van der Waals surface area (Å²) in [5.41, 5.74) is 7.03. The van der Waals surface area contributed by atoms with Gasteiger partial charge in [0.25, 0.3) is 5.56 Å². The van der Waals surface area contributed by atoms with Gasteiger partial charge in [-0.1, -0.05) is 30.7 Å². The molecule has 1 aromatic carbocycles. The summed E-state index contributed by atoms with van der Waals surface area (Å²) in [5, 5.41) is 4.66. The predicted molar refractivity (Wildman–Crippen MR) is 127 cm³/mol. The van der Waals surface area contributed by atoms with Gasteiger partial charge in [0.05, 0.1) is 0 Å². The van der Waals surface area contributed by atoms with Gasteiger partial charge in [-0.05, 0) is 42.2 Å². The summed E-state index contributed by atoms with van der Waals surface area (Å²) >= 11 is 0. The smallest absolute Gasteiger partial charge is 0.272 e. The second kappa shape index (κ2) is 7.80. The Hall–Kier alpha value is -3.64. The minimum absolute atomic E-state index is 0.0876. The Morgan fingerprint density at radius 3 is 2.72 bits per heavy atom. The number of aromatic amines is 2. The van der Waals surface area contributed by atoms with Crippen LogP contribution in [0.5, 0.6) is 0 Å². The molecule has 4 heterocycles. The maximum atomic E-state index is 12.5. The molecule has 0 bridgehead atoms. The normalized spacial score (nSPS) is 14.2. The molecule has 5 aromatic rings. The molecule has 0 atom stereocenters. The summed E-state index contributed by atoms with van der Waals surface area (Å²) in [6.45, 7) is 0.925. The summed E-state index contributed by atoms with van der Waals surface area (Å²) < 4.78 is 2.01. The Morgan fingerprint density at radius 2 is 1.91 bits per heavy atom. The van der Waals surface area contributed by atoms with E-state index >= 15 is 0 Å². The highest BCUT2D eigenvalue weighted by Gasteiger charge is 2.16. The Morgan fingerprint density at radius 1 is 1.06 bits per heavy atom. The van der Waals surface area contributed by atoms with Crippen LogP contribution in [-0.4, -0.2) is 25.4 Å². The third kappa shape index (κ3) is 3.42. The summed E-state index contributed by atoms with van der Waals surface area (Å²) in [6.07, 6.45) is 12.3. The number of hydrogen-bond acceptors (Lipinski definition) is 3. The Kier molecular flexibility index (Phi) is 4.65. The zero-order valence-electron chi connectivity index (χ0n) is 17.8. The van der Waals surface area contributed by atoms with E-state index in [0.29, 0.717) is 11.6 Å². The molecule has 6 nitrogen and oxygen atoms in total. The first kappa shape index (κ1) is 19.1. The number of fused-ring (bicyclic) bond motifs is 2. The predicted octanol–water partition coefficient (Wildman–Crippen LogP) is 4.40. The average molecular weight is 424 g/mol. The largest absolute Gasteiger partial charge is 0.346 e. The van der Waals surface area contributed by atoms with Gasteiger partial charge in [0.1, 0.15) is 11.2 Å². The van der Waals surface area contributed by atoms with Gasteiger partial charge >= 0.3 is 0 Å². The first-order valence-electron chi connectivity index (χ1n) is 11.2. The van der Waals surface area contributed by atoms with Crippen LogP contribution >= 0.6 is 0 Å². The van der Waals surface area contributed by atoms with Gasteiger partial charge in [0, 0.05) is 66.0 Å². The van der Waals surface area contributed by atoms with Gasteiger partial charge in [-0.3, -0.25) is 4.79 Å². The molecule has 4 aromatic heterocycles. The van der Waals surface area contributed by atoms with Crippen molar-refractivity contribution in [3.8, 4) is 11.1 Å². The van der Waals surface area contributed by atoms with Crippen LogP contribution in [-0.2, 0) is 13.0 Å². The number of H-pyrrole nitrogens is 2. The molecule has 0 aliphatic heterocycles. The average Bonchev–Trinajstić information content (AvgIpc) is 3.41. The fourth-order valence-corrected chi connectivity index (χ4v) is 4.50. The van der Waals surface area contributed by atoms with Crippen LogP contribution in [0.2, 0.25) is 0 Å². The van der Waals surface area contributed by atoms with Crippen LogP contribution in [0.25, 0.3) is 27.7 Å². The van der Waals surface area contributed by atoms with E-state index in [9.17, 15) is 4.79 Å². The quantitative estimate of drug-likeness (QED) is 0.379. The minimum atomic E-state index is -0.0876. The molecule has 0 unspecified atom stereocenters. The topological polar surface area (TPSA) is 78.0 Å². The molecule has 1 fully saturated rings. The number of nitrogens with one attached hydrogen (secondary N) is 3. The second-order valence-electron chi connectivity index (χ2n) is 8.70. The zero-order valence-corrected chi connectivity index (χ0v) is 17.8. The molecule has 32 heavy (non-hydrogen) atoms. The lowest BCUT2D eigenvalue weighted by Crippen LogP contribution is -2.34. The van der Waals surface area contributed by atoms with E-state index in [2.05, 4.69) is 44.5 Å². The monoisotopic (exact) mass is 423 g/mol. The number of nitrogens with zero attached hydrogens (tertiary/aromatic N) is 2. The molecule has 1 aliphatic rings. The molecule has 3 N–H and O–H groups in total. The van der Waals surface area contributed by atoms with Crippen molar-refractivity contribution in [2.45, 2.75) is 38.3 Å². The molecule has 1 saturated carbocycles. The van der Waals surface area contributed by atoms with Gasteiger partial charge in [-0.15, -0.1) is 0 Å². The fraction of sp³-hybridized carbons (Fsp3) is 0.231. The maximum absolute atomic E-state index is 12.5. The maximum Gasteiger partial charge on any atom is 0.272 e. The van der Waals surface area contributed by atoms with Crippen LogP contribution in [0.1, 0.15) is 36.1 Å². The molecule has 0 spiro atoms. The van der Waals surface area contributed by atoms with Gasteiger partial charge in [0.2, 0.25) is 0 Å². The van der Waals surface area contributed by atoms with Crippen LogP contribution in [0.4, 0.5) is 0 Å². The van der Waals surface area contributed by atoms with Crippen LogP contribution in [0.3, 0.4) is 0 Å². The van der Waals surface area contributed by atoms with E-state index < -0.39 is 0 Å². The van der Waals surface area contributed by atoms with Crippen LogP contribution < -0.4 is 10.9 Å². The molecule has 6 heteroatoms. The van der Waals surface area contributed by atoms with E-state index in [4.69, 9.17) is 0 Å². The number of benzene rings is 1. The Balaban J connectivity index is 1.30. The van der Waals surface area contributed by atoms with Crippen LogP contribution in [0.15, 0.2) is 72.0 Å². The molecule has 0 radical (unpaired) electrons. The number of pyridine rings is 1. The molecule has 160 valence electrons. The fourth-order valence-electron chi connectivity index (χ4n) is 4.50. The number of rotatable bonds is 6. The highest BCUT2D eigenvalue weighted by Crippen LogP contribution is 2.29. The van der Waals surface area contributed by atoms with E-state index in [1.54, 1.807) is 6.20 Å². The third-order valence-electron chi connectivity index (χ3n) is 6.60. The van der Waals surface area contributed by atoms with Gasteiger partial charge in [-0.25, -0.2) is 4.98 Å². The minimum Gasteiger partial charge on any atom is -0.346 e. The van der Waals surface area contributed by atoms with Crippen molar-refractivity contribution in [3.05, 3.63) is 94.4 Å². The summed E-state index contributed by atoms with van der Waals surface area (Å²) in [4.78, 5) is 23.0. The first-order chi connectivity index (χ1) is 15.7. The lowest BCUT2D eigenvalue weighted by molar-refractivity contribution is 0.338. The van der Waals surface area contributed by atoms with E-state index in [1.165, 1.54) is 30.4 Å². The van der Waals surface area contributed by atoms with Crippen molar-refractivity contribution < 1.29 is 0 Å². The summed E-state index contributed by atoms with van der Waals surface area (Å²) in [5.74, 6) is 0.